The molecule has 3 nitrogen and oxygen atoms in total. The Kier molecular flexibility index (Phi) is 5.76. The van der Waals surface area contributed by atoms with Gasteiger partial charge in [0.25, 0.3) is 5.91 Å². The van der Waals surface area contributed by atoms with Crippen molar-refractivity contribution in [1.82, 2.24) is 10.3 Å². The number of rotatable bonds is 6. The number of thiophene rings is 1. The first-order chi connectivity index (χ1) is 10.1. The number of nitrogens with one attached hydrogen (secondary N) is 1. The molecule has 5 heteroatoms. The third-order valence-electron chi connectivity index (χ3n) is 3.08. The molecule has 112 valence electrons. The van der Waals surface area contributed by atoms with Crippen molar-refractivity contribution in [1.29, 1.82) is 0 Å². The zero-order chi connectivity index (χ0) is 15.2. The highest BCUT2D eigenvalue weighted by molar-refractivity contribution is 7.09. The van der Waals surface area contributed by atoms with Crippen LogP contribution in [0, 0.1) is 0 Å². The summed E-state index contributed by atoms with van der Waals surface area (Å²) in [4.78, 5) is 17.8. The van der Waals surface area contributed by atoms with Gasteiger partial charge in [0.05, 0.1) is 0 Å². The number of nitrogens with zero attached hydrogens (tertiary/aromatic N) is 1. The first-order valence-corrected chi connectivity index (χ1v) is 8.34. The molecule has 0 aliphatic rings. The molecule has 0 aliphatic heterocycles. The van der Waals surface area contributed by atoms with E-state index in [9.17, 15) is 4.79 Å². The van der Waals surface area contributed by atoms with Crippen LogP contribution in [-0.2, 0) is 12.8 Å². The molecule has 0 radical (unpaired) electrons. The lowest BCUT2D eigenvalue weighted by molar-refractivity contribution is 0.0940. The Morgan fingerprint density at radius 1 is 1.48 bits per heavy atom. The molecule has 0 fully saturated rings. The summed E-state index contributed by atoms with van der Waals surface area (Å²) < 4.78 is 0. The Hall–Kier alpha value is -1.39. The number of pyridine rings is 1. The first kappa shape index (κ1) is 16.0. The third kappa shape index (κ3) is 4.83. The third-order valence-corrected chi connectivity index (χ3v) is 4.17. The molecular formula is C16H19ClN2OS. The van der Waals surface area contributed by atoms with Gasteiger partial charge in [-0.25, -0.2) is 4.98 Å². The highest BCUT2D eigenvalue weighted by atomic mass is 35.5. The minimum Gasteiger partial charge on any atom is -0.349 e. The minimum atomic E-state index is -0.0966. The number of hydrogen-bond donors (Lipinski definition) is 1. The number of aryl methyl sites for hydroxylation is 1. The van der Waals surface area contributed by atoms with Crippen molar-refractivity contribution in [2.24, 2.45) is 0 Å². The molecule has 0 spiro atoms. The van der Waals surface area contributed by atoms with Gasteiger partial charge in [-0.1, -0.05) is 31.0 Å². The first-order valence-electron chi connectivity index (χ1n) is 7.08. The maximum atomic E-state index is 12.3. The summed E-state index contributed by atoms with van der Waals surface area (Å²) in [6.45, 7) is 4.08. The van der Waals surface area contributed by atoms with Crippen molar-refractivity contribution in [3.8, 4) is 0 Å². The topological polar surface area (TPSA) is 42.0 Å². The van der Waals surface area contributed by atoms with Crippen LogP contribution in [0.1, 0.15) is 41.2 Å². The molecule has 0 aromatic carbocycles. The molecule has 0 aliphatic carbocycles. The van der Waals surface area contributed by atoms with Gasteiger partial charge in [0, 0.05) is 28.6 Å². The van der Waals surface area contributed by atoms with Gasteiger partial charge >= 0.3 is 0 Å². The second-order valence-corrected chi connectivity index (χ2v) is 6.50. The van der Waals surface area contributed by atoms with Gasteiger partial charge < -0.3 is 5.32 Å². The molecule has 0 saturated carbocycles. The molecule has 1 atom stereocenters. The van der Waals surface area contributed by atoms with Gasteiger partial charge in [0.1, 0.15) is 5.15 Å². The van der Waals surface area contributed by atoms with E-state index in [0.717, 1.165) is 25.0 Å². The Labute approximate surface area is 134 Å². The van der Waals surface area contributed by atoms with E-state index in [1.165, 1.54) is 4.88 Å². The maximum absolute atomic E-state index is 12.3. The molecule has 1 N–H and O–H groups in total. The Bertz CT molecular complexity index is 598. The van der Waals surface area contributed by atoms with E-state index in [2.05, 4.69) is 23.3 Å². The van der Waals surface area contributed by atoms with Gasteiger partial charge in [0.15, 0.2) is 0 Å². The van der Waals surface area contributed by atoms with E-state index < -0.39 is 0 Å². The lowest BCUT2D eigenvalue weighted by Gasteiger charge is -2.13. The van der Waals surface area contributed by atoms with E-state index >= 15 is 0 Å². The molecule has 2 rings (SSSR count). The molecule has 2 aromatic heterocycles. The highest BCUT2D eigenvalue weighted by Gasteiger charge is 2.13. The fraction of sp³-hybridized carbons (Fsp3) is 0.375. The fourth-order valence-corrected chi connectivity index (χ4v) is 3.22. The van der Waals surface area contributed by atoms with Crippen molar-refractivity contribution in [2.75, 3.05) is 0 Å². The summed E-state index contributed by atoms with van der Waals surface area (Å²) >= 11 is 7.70. The van der Waals surface area contributed by atoms with Crippen LogP contribution in [0.4, 0.5) is 0 Å². The minimum absolute atomic E-state index is 0.0812. The number of halogens is 1. The summed E-state index contributed by atoms with van der Waals surface area (Å²) in [5, 5.41) is 5.43. The summed E-state index contributed by atoms with van der Waals surface area (Å²) in [5.74, 6) is -0.0966. The summed E-state index contributed by atoms with van der Waals surface area (Å²) in [5.41, 5.74) is 1.44. The van der Waals surface area contributed by atoms with E-state index in [-0.39, 0.29) is 11.9 Å². The molecule has 0 bridgehead atoms. The predicted octanol–water partition coefficient (Wildman–Crippen LogP) is 4.11. The number of aromatic nitrogens is 1. The van der Waals surface area contributed by atoms with Gasteiger partial charge in [-0.15, -0.1) is 11.3 Å². The lowest BCUT2D eigenvalue weighted by Crippen LogP contribution is -2.34. The summed E-state index contributed by atoms with van der Waals surface area (Å²) in [7, 11) is 0. The number of hydrogen-bond acceptors (Lipinski definition) is 3. The second kappa shape index (κ2) is 7.57. The van der Waals surface area contributed by atoms with Gasteiger partial charge in [-0.05, 0) is 36.9 Å². The van der Waals surface area contributed by atoms with Crippen LogP contribution in [0.5, 0.6) is 0 Å². The number of carbonyl (C=O) groups is 1. The molecule has 1 unspecified atom stereocenters. The van der Waals surface area contributed by atoms with Gasteiger partial charge in [-0.2, -0.15) is 0 Å². The Balaban J connectivity index is 2.02. The zero-order valence-electron chi connectivity index (χ0n) is 12.2. The highest BCUT2D eigenvalue weighted by Crippen LogP contribution is 2.14. The van der Waals surface area contributed by atoms with Crippen molar-refractivity contribution in [2.45, 2.75) is 39.2 Å². The van der Waals surface area contributed by atoms with E-state index in [4.69, 9.17) is 11.6 Å². The summed E-state index contributed by atoms with van der Waals surface area (Å²) in [6, 6.07) is 7.62. The smallest absolute Gasteiger partial charge is 0.251 e. The van der Waals surface area contributed by atoms with Gasteiger partial charge in [0.2, 0.25) is 0 Å². The van der Waals surface area contributed by atoms with Crippen molar-refractivity contribution >= 4 is 28.8 Å². The quantitative estimate of drug-likeness (QED) is 0.813. The molecule has 1 amide bonds. The largest absolute Gasteiger partial charge is 0.349 e. The van der Waals surface area contributed by atoms with Crippen LogP contribution in [0.25, 0.3) is 0 Å². The van der Waals surface area contributed by atoms with E-state index in [1.54, 1.807) is 17.4 Å². The average molecular weight is 323 g/mol. The standard InChI is InChI=1S/C16H19ClN2OS/c1-3-5-13-9-12(10-15(17)19-13)16(20)18-11(2)8-14-6-4-7-21-14/h4,6-7,9-11H,3,5,8H2,1-2H3,(H,18,20). The van der Waals surface area contributed by atoms with Crippen LogP contribution in [-0.4, -0.2) is 16.9 Å². The van der Waals surface area contributed by atoms with Crippen LogP contribution in [0.2, 0.25) is 5.15 Å². The monoisotopic (exact) mass is 322 g/mol. The lowest BCUT2D eigenvalue weighted by atomic mass is 10.1. The number of carbonyl (C=O) groups excluding carboxylic acids is 1. The van der Waals surface area contributed by atoms with Crippen LogP contribution in [0.3, 0.4) is 0 Å². The van der Waals surface area contributed by atoms with Crippen LogP contribution < -0.4 is 5.32 Å². The maximum Gasteiger partial charge on any atom is 0.251 e. The predicted molar refractivity (Wildman–Crippen MR) is 88.2 cm³/mol. The van der Waals surface area contributed by atoms with Crippen LogP contribution >= 0.6 is 22.9 Å². The van der Waals surface area contributed by atoms with Crippen molar-refractivity contribution < 1.29 is 4.79 Å². The molecular weight excluding hydrogens is 304 g/mol. The average Bonchev–Trinajstić information content (AvgIpc) is 2.91. The van der Waals surface area contributed by atoms with E-state index in [0.29, 0.717) is 10.7 Å². The van der Waals surface area contributed by atoms with E-state index in [1.807, 2.05) is 24.4 Å². The van der Waals surface area contributed by atoms with Crippen LogP contribution in [0.15, 0.2) is 29.6 Å². The molecule has 21 heavy (non-hydrogen) atoms. The van der Waals surface area contributed by atoms with Gasteiger partial charge in [-0.3, -0.25) is 4.79 Å². The zero-order valence-corrected chi connectivity index (χ0v) is 13.8. The van der Waals surface area contributed by atoms with Crippen molar-refractivity contribution in [3.05, 3.63) is 50.9 Å². The Morgan fingerprint density at radius 2 is 2.29 bits per heavy atom. The Morgan fingerprint density at radius 3 is 2.95 bits per heavy atom. The normalized spacial score (nSPS) is 12.1. The number of amides is 1. The summed E-state index contributed by atoms with van der Waals surface area (Å²) in [6.07, 6.45) is 2.64. The van der Waals surface area contributed by atoms with Crippen molar-refractivity contribution in [3.63, 3.8) is 0 Å². The molecule has 2 heterocycles. The fourth-order valence-electron chi connectivity index (χ4n) is 2.16. The molecule has 2 aromatic rings. The molecule has 0 saturated heterocycles. The SMILES string of the molecule is CCCc1cc(C(=O)NC(C)Cc2cccs2)cc(Cl)n1. The second-order valence-electron chi connectivity index (χ2n) is 5.08.